The van der Waals surface area contributed by atoms with Crippen molar-refractivity contribution in [3.63, 3.8) is 0 Å². The Balaban J connectivity index is 2.22. The van der Waals surface area contributed by atoms with Gasteiger partial charge in [-0.05, 0) is 12.1 Å². The van der Waals surface area contributed by atoms with E-state index in [1.54, 1.807) is 0 Å². The Bertz CT molecular complexity index is 614. The minimum atomic E-state index is -3.76. The molecule has 0 saturated carbocycles. The largest absolute Gasteiger partial charge is 0.378 e. The Kier molecular flexibility index (Phi) is 4.79. The van der Waals surface area contributed by atoms with Crippen molar-refractivity contribution in [1.82, 2.24) is 4.90 Å². The van der Waals surface area contributed by atoms with E-state index in [9.17, 15) is 17.6 Å². The van der Waals surface area contributed by atoms with E-state index < -0.39 is 22.4 Å². The van der Waals surface area contributed by atoms with Crippen molar-refractivity contribution in [2.75, 3.05) is 43.4 Å². The van der Waals surface area contributed by atoms with Gasteiger partial charge >= 0.3 is 0 Å². The molecule has 8 heteroatoms. The lowest BCUT2D eigenvalue weighted by molar-refractivity contribution is -0.133. The monoisotopic (exact) mass is 316 g/mol. The average molecular weight is 316 g/mol. The summed E-state index contributed by atoms with van der Waals surface area (Å²) in [5, 5.41) is 0. The maximum Gasteiger partial charge on any atom is 0.243 e. The number of anilines is 1. The van der Waals surface area contributed by atoms with Crippen molar-refractivity contribution >= 4 is 21.6 Å². The number of sulfonamides is 1. The Hall–Kier alpha value is -1.67. The van der Waals surface area contributed by atoms with E-state index in [2.05, 4.69) is 0 Å². The number of morpholine rings is 1. The lowest BCUT2D eigenvalue weighted by Gasteiger charge is -2.30. The van der Waals surface area contributed by atoms with Crippen LogP contribution in [0.25, 0.3) is 0 Å². The smallest absolute Gasteiger partial charge is 0.243 e. The van der Waals surface area contributed by atoms with Crippen molar-refractivity contribution in [3.05, 3.63) is 30.1 Å². The van der Waals surface area contributed by atoms with Gasteiger partial charge in [0.25, 0.3) is 0 Å². The van der Waals surface area contributed by atoms with Gasteiger partial charge in [-0.1, -0.05) is 12.1 Å². The van der Waals surface area contributed by atoms with Gasteiger partial charge in [-0.25, -0.2) is 12.8 Å². The van der Waals surface area contributed by atoms with Crippen LogP contribution in [0.1, 0.15) is 0 Å². The van der Waals surface area contributed by atoms with Crippen molar-refractivity contribution in [3.8, 4) is 0 Å². The molecule has 1 heterocycles. The van der Waals surface area contributed by atoms with Crippen LogP contribution in [0.5, 0.6) is 0 Å². The summed E-state index contributed by atoms with van der Waals surface area (Å²) in [6, 6.07) is 5.48. The molecular weight excluding hydrogens is 299 g/mol. The number of rotatable bonds is 4. The molecule has 1 aromatic carbocycles. The standard InChI is InChI=1S/C13H17FN2O4S/c1-21(18,19)16(12-5-3-2-4-11(12)14)10-13(17)15-6-8-20-9-7-15/h2-5H,6-10H2,1H3. The molecule has 1 aromatic rings. The van der Waals surface area contributed by atoms with E-state index >= 15 is 0 Å². The van der Waals surface area contributed by atoms with Gasteiger partial charge in [0.1, 0.15) is 12.4 Å². The van der Waals surface area contributed by atoms with Gasteiger partial charge in [-0.2, -0.15) is 0 Å². The second kappa shape index (κ2) is 6.40. The highest BCUT2D eigenvalue weighted by atomic mass is 32.2. The molecule has 1 aliphatic rings. The number of ether oxygens (including phenoxy) is 1. The quantitative estimate of drug-likeness (QED) is 0.809. The van der Waals surface area contributed by atoms with E-state index in [-0.39, 0.29) is 11.6 Å². The van der Waals surface area contributed by atoms with Gasteiger partial charge in [-0.3, -0.25) is 9.10 Å². The normalized spacial score (nSPS) is 15.8. The number of nitrogens with zero attached hydrogens (tertiary/aromatic N) is 2. The summed E-state index contributed by atoms with van der Waals surface area (Å²) < 4.78 is 43.5. The zero-order chi connectivity index (χ0) is 15.5. The minimum Gasteiger partial charge on any atom is -0.378 e. The Morgan fingerprint density at radius 3 is 2.52 bits per heavy atom. The lowest BCUT2D eigenvalue weighted by atomic mass is 10.3. The first-order valence-electron chi connectivity index (χ1n) is 6.47. The number of hydrogen-bond donors (Lipinski definition) is 0. The molecule has 1 amide bonds. The molecule has 1 aliphatic heterocycles. The van der Waals surface area contributed by atoms with E-state index in [1.807, 2.05) is 0 Å². The third kappa shape index (κ3) is 3.92. The fourth-order valence-corrected chi connectivity index (χ4v) is 2.92. The number of halogens is 1. The van der Waals surface area contributed by atoms with E-state index in [4.69, 9.17) is 4.74 Å². The van der Waals surface area contributed by atoms with Crippen LogP contribution in [-0.2, 0) is 19.6 Å². The summed E-state index contributed by atoms with van der Waals surface area (Å²) >= 11 is 0. The molecule has 0 N–H and O–H groups in total. The predicted octanol–water partition coefficient (Wildman–Crippen LogP) is 0.451. The molecule has 0 radical (unpaired) electrons. The maximum absolute atomic E-state index is 13.8. The van der Waals surface area contributed by atoms with Gasteiger partial charge < -0.3 is 9.64 Å². The van der Waals surface area contributed by atoms with Crippen LogP contribution in [-0.4, -0.2) is 58.3 Å². The second-order valence-electron chi connectivity index (χ2n) is 4.71. The van der Waals surface area contributed by atoms with E-state index in [1.165, 1.54) is 23.1 Å². The summed E-state index contributed by atoms with van der Waals surface area (Å²) in [6.07, 6.45) is 0.950. The number of benzene rings is 1. The molecule has 116 valence electrons. The van der Waals surface area contributed by atoms with Crippen LogP contribution in [0, 0.1) is 5.82 Å². The summed E-state index contributed by atoms with van der Waals surface area (Å²) in [7, 11) is -3.76. The molecule has 0 aliphatic carbocycles. The highest BCUT2D eigenvalue weighted by Crippen LogP contribution is 2.21. The second-order valence-corrected chi connectivity index (χ2v) is 6.62. The number of hydrogen-bond acceptors (Lipinski definition) is 4. The van der Waals surface area contributed by atoms with Crippen LogP contribution < -0.4 is 4.31 Å². The van der Waals surface area contributed by atoms with Crippen LogP contribution >= 0.6 is 0 Å². The van der Waals surface area contributed by atoms with Gasteiger partial charge in [0, 0.05) is 13.1 Å². The van der Waals surface area contributed by atoms with E-state index in [0.29, 0.717) is 26.3 Å². The fraction of sp³-hybridized carbons (Fsp3) is 0.462. The average Bonchev–Trinajstić information content (AvgIpc) is 2.45. The topological polar surface area (TPSA) is 66.9 Å². The van der Waals surface area contributed by atoms with Crippen molar-refractivity contribution in [2.24, 2.45) is 0 Å². The highest BCUT2D eigenvalue weighted by Gasteiger charge is 2.26. The zero-order valence-corrected chi connectivity index (χ0v) is 12.5. The molecule has 0 atom stereocenters. The zero-order valence-electron chi connectivity index (χ0n) is 11.7. The lowest BCUT2D eigenvalue weighted by Crippen LogP contribution is -2.47. The molecule has 6 nitrogen and oxygen atoms in total. The Morgan fingerprint density at radius 2 is 1.95 bits per heavy atom. The number of para-hydroxylation sites is 1. The predicted molar refractivity (Wildman–Crippen MR) is 76.0 cm³/mol. The molecule has 1 saturated heterocycles. The molecule has 0 bridgehead atoms. The third-order valence-electron chi connectivity index (χ3n) is 3.16. The van der Waals surface area contributed by atoms with Crippen LogP contribution in [0.2, 0.25) is 0 Å². The van der Waals surface area contributed by atoms with Crippen molar-refractivity contribution in [2.45, 2.75) is 0 Å². The summed E-state index contributed by atoms with van der Waals surface area (Å²) in [6.45, 7) is 1.25. The SMILES string of the molecule is CS(=O)(=O)N(CC(=O)N1CCOCC1)c1ccccc1F. The van der Waals surface area contributed by atoms with Crippen LogP contribution in [0.3, 0.4) is 0 Å². The Labute approximate surface area is 123 Å². The molecule has 2 rings (SSSR count). The molecule has 0 aromatic heterocycles. The van der Waals surface area contributed by atoms with E-state index in [0.717, 1.165) is 16.6 Å². The summed E-state index contributed by atoms with van der Waals surface area (Å²) in [4.78, 5) is 13.7. The van der Waals surface area contributed by atoms with Crippen molar-refractivity contribution < 1.29 is 22.3 Å². The maximum atomic E-state index is 13.8. The first kappa shape index (κ1) is 15.7. The van der Waals surface area contributed by atoms with Crippen molar-refractivity contribution in [1.29, 1.82) is 0 Å². The molecule has 21 heavy (non-hydrogen) atoms. The van der Waals surface area contributed by atoms with Crippen LogP contribution in [0.4, 0.5) is 10.1 Å². The first-order chi connectivity index (χ1) is 9.89. The number of carbonyl (C=O) groups excluding carboxylic acids is 1. The molecule has 0 unspecified atom stereocenters. The third-order valence-corrected chi connectivity index (χ3v) is 4.29. The number of carbonyl (C=O) groups is 1. The first-order valence-corrected chi connectivity index (χ1v) is 8.32. The van der Waals surface area contributed by atoms with Gasteiger partial charge in [0.05, 0.1) is 25.2 Å². The van der Waals surface area contributed by atoms with Gasteiger partial charge in [0.15, 0.2) is 0 Å². The summed E-state index contributed by atoms with van der Waals surface area (Å²) in [5.41, 5.74) is -0.124. The minimum absolute atomic E-state index is 0.124. The number of amides is 1. The fourth-order valence-electron chi connectivity index (χ4n) is 2.07. The molecular formula is C13H17FN2O4S. The Morgan fingerprint density at radius 1 is 1.33 bits per heavy atom. The highest BCUT2D eigenvalue weighted by molar-refractivity contribution is 7.92. The van der Waals surface area contributed by atoms with Crippen LogP contribution in [0.15, 0.2) is 24.3 Å². The van der Waals surface area contributed by atoms with Gasteiger partial charge in [0.2, 0.25) is 15.9 Å². The van der Waals surface area contributed by atoms with Gasteiger partial charge in [-0.15, -0.1) is 0 Å². The summed E-state index contributed by atoms with van der Waals surface area (Å²) in [5.74, 6) is -1.05. The molecule has 1 fully saturated rings. The molecule has 0 spiro atoms.